The summed E-state index contributed by atoms with van der Waals surface area (Å²) in [5.41, 5.74) is 0.924. The predicted octanol–water partition coefficient (Wildman–Crippen LogP) is 7.51. The van der Waals surface area contributed by atoms with Gasteiger partial charge in [-0.05, 0) is 57.2 Å². The van der Waals surface area contributed by atoms with E-state index in [0.717, 1.165) is 0 Å². The van der Waals surface area contributed by atoms with Crippen molar-refractivity contribution >= 4 is 35.7 Å². The van der Waals surface area contributed by atoms with E-state index in [-0.39, 0.29) is 57.9 Å². The minimum absolute atomic E-state index is 0.0185. The number of benzene rings is 2. The molecule has 4 rings (SSSR count). The van der Waals surface area contributed by atoms with Gasteiger partial charge in [0.1, 0.15) is 41.3 Å². The van der Waals surface area contributed by atoms with Crippen LogP contribution in [0.5, 0.6) is 34.5 Å². The second-order valence-corrected chi connectivity index (χ2v) is 17.3. The van der Waals surface area contributed by atoms with Crippen LogP contribution >= 0.6 is 0 Å². The Morgan fingerprint density at radius 3 is 1.47 bits per heavy atom. The molecule has 2 aromatic heterocycles. The molecule has 1 unspecified atom stereocenters. The van der Waals surface area contributed by atoms with Gasteiger partial charge in [0, 0.05) is 73.9 Å². The molecule has 6 atom stereocenters. The van der Waals surface area contributed by atoms with Crippen LogP contribution in [0.3, 0.4) is 0 Å². The fourth-order valence-electron chi connectivity index (χ4n) is 8.18. The Kier molecular flexibility index (Phi) is 23.3. The maximum absolute atomic E-state index is 14.0. The lowest BCUT2D eigenvalue weighted by molar-refractivity contribution is -0.152. The van der Waals surface area contributed by atoms with E-state index in [1.54, 1.807) is 26.0 Å². The summed E-state index contributed by atoms with van der Waals surface area (Å²) >= 11 is 0. The summed E-state index contributed by atoms with van der Waals surface area (Å²) in [6.45, 7) is 15.5. The molecule has 22 heteroatoms. The number of ether oxygens (including phenoxy) is 9. The molecule has 0 saturated heterocycles. The average molecular weight is 1040 g/mol. The summed E-state index contributed by atoms with van der Waals surface area (Å²) in [4.78, 5) is 83.5. The summed E-state index contributed by atoms with van der Waals surface area (Å²) in [6, 6.07) is 8.21. The fraction of sp³-hybridized carbons (Fsp3) is 0.462. The van der Waals surface area contributed by atoms with Crippen molar-refractivity contribution < 1.29 is 85.3 Å². The van der Waals surface area contributed by atoms with Crippen LogP contribution in [0.25, 0.3) is 0 Å². The molecule has 4 aromatic rings. The number of methoxy groups -OCH3 is 4. The zero-order chi connectivity index (χ0) is 55.6. The summed E-state index contributed by atoms with van der Waals surface area (Å²) < 4.78 is 75.1. The van der Waals surface area contributed by atoms with Crippen LogP contribution in [0.1, 0.15) is 113 Å². The Labute approximate surface area is 428 Å². The highest BCUT2D eigenvalue weighted by Crippen LogP contribution is 2.40. The lowest BCUT2D eigenvalue weighted by Gasteiger charge is -2.39. The number of hydrogen-bond donors (Lipinski definition) is 2. The maximum Gasteiger partial charge on any atom is 0.328 e. The van der Waals surface area contributed by atoms with Gasteiger partial charge in [0.05, 0.1) is 28.4 Å². The normalized spacial score (nSPS) is 13.3. The lowest BCUT2D eigenvalue weighted by Crippen LogP contribution is -2.51. The average Bonchev–Trinajstić information content (AvgIpc) is 3.34. The van der Waals surface area contributed by atoms with Crippen molar-refractivity contribution in [3.63, 3.8) is 0 Å². The summed E-state index contributed by atoms with van der Waals surface area (Å²) in [5, 5.41) is 12.4. The smallest absolute Gasteiger partial charge is 0.328 e. The van der Waals surface area contributed by atoms with Crippen molar-refractivity contribution in [2.24, 2.45) is 11.8 Å². The number of amides is 2. The van der Waals surface area contributed by atoms with Crippen molar-refractivity contribution in [2.45, 2.75) is 105 Å². The molecule has 0 spiro atoms. The molecule has 2 N–H and O–H groups in total. The monoisotopic (exact) mass is 1040 g/mol. The Bertz CT molecular complexity index is 2580. The number of carboxylic acid groups (broad SMARTS) is 1. The number of carbonyl (C=O) groups is 6. The van der Waals surface area contributed by atoms with Crippen molar-refractivity contribution in [3.8, 4) is 34.5 Å². The fourth-order valence-corrected chi connectivity index (χ4v) is 8.18. The highest BCUT2D eigenvalue weighted by Gasteiger charge is 2.40. The van der Waals surface area contributed by atoms with Crippen molar-refractivity contribution in [1.29, 1.82) is 0 Å². The van der Waals surface area contributed by atoms with Crippen LogP contribution in [0.4, 0.5) is 8.78 Å². The molecule has 0 bridgehead atoms. The molecule has 0 aliphatic heterocycles. The van der Waals surface area contributed by atoms with Gasteiger partial charge in [-0.3, -0.25) is 19.2 Å². The van der Waals surface area contributed by atoms with Gasteiger partial charge >= 0.3 is 23.9 Å². The van der Waals surface area contributed by atoms with E-state index in [4.69, 9.17) is 42.6 Å². The molecule has 74 heavy (non-hydrogen) atoms. The number of halogens is 2. The topological polar surface area (TPSA) is 247 Å². The van der Waals surface area contributed by atoms with Gasteiger partial charge < -0.3 is 58.0 Å². The van der Waals surface area contributed by atoms with Crippen LogP contribution in [0, 0.1) is 23.5 Å². The van der Waals surface area contributed by atoms with Gasteiger partial charge in [-0.15, -0.1) is 0 Å². The molecule has 0 radical (unpaired) electrons. The Hall–Kier alpha value is -7.78. The zero-order valence-electron chi connectivity index (χ0n) is 44.0. The van der Waals surface area contributed by atoms with E-state index in [0.29, 0.717) is 16.9 Å². The highest BCUT2D eigenvalue weighted by molar-refractivity contribution is 5.99. The van der Waals surface area contributed by atoms with Gasteiger partial charge in [-0.25, -0.2) is 28.3 Å². The molecule has 0 aliphatic carbocycles. The van der Waals surface area contributed by atoms with E-state index < -0.39 is 91.1 Å². The number of nitrogens with one attached hydrogen (secondary N) is 1. The van der Waals surface area contributed by atoms with E-state index in [2.05, 4.69) is 15.3 Å². The molecule has 2 heterocycles. The van der Waals surface area contributed by atoms with E-state index in [1.165, 1.54) is 110 Å². The first kappa shape index (κ1) is 60.5. The van der Waals surface area contributed by atoms with Crippen molar-refractivity contribution in [1.82, 2.24) is 20.2 Å². The molecule has 0 fully saturated rings. The summed E-state index contributed by atoms with van der Waals surface area (Å²) in [5.74, 6) is -5.52. The number of esters is 3. The third-order valence-electron chi connectivity index (χ3n) is 11.5. The number of nitrogens with zero attached hydrogens (tertiary/aromatic N) is 3. The minimum atomic E-state index is -1.27. The van der Waals surface area contributed by atoms with E-state index in [1.807, 2.05) is 27.7 Å². The number of pyridine rings is 2. The van der Waals surface area contributed by atoms with Crippen molar-refractivity contribution in [3.05, 3.63) is 95.1 Å². The lowest BCUT2D eigenvalue weighted by atomic mass is 9.81. The number of aromatic nitrogens is 2. The van der Waals surface area contributed by atoms with Crippen LogP contribution in [0.15, 0.2) is 60.9 Å². The van der Waals surface area contributed by atoms with Crippen LogP contribution in [-0.4, -0.2) is 122 Å². The number of hydrogen-bond acceptors (Lipinski definition) is 17. The Balaban J connectivity index is 0.000000390. The minimum Gasteiger partial charge on any atom is -0.496 e. The van der Waals surface area contributed by atoms with Gasteiger partial charge in [0.15, 0.2) is 34.4 Å². The predicted molar refractivity (Wildman–Crippen MR) is 262 cm³/mol. The van der Waals surface area contributed by atoms with Crippen molar-refractivity contribution in [2.75, 3.05) is 42.0 Å². The second kappa shape index (κ2) is 28.5. The molecular weight excluding hydrogens is 975 g/mol. The maximum atomic E-state index is 14.0. The third-order valence-corrected chi connectivity index (χ3v) is 11.5. The molecule has 0 saturated carbocycles. The SMILES string of the molecule is COc1cc(F)ccc1[C@H](C(C)C)C(C)N(C(=O)c1nccc(OC)c1OCOC(C)=O)[C@@H](C)C(=O)O.COc1cc(F)ccc1[C@H](C(C)C)[C@H](C)OC(=O)[C@H](C)NC(=O)c1nccc(OC)c1OCOC(C)=O. The highest BCUT2D eigenvalue weighted by atomic mass is 19.1. The Morgan fingerprint density at radius 2 is 1.05 bits per heavy atom. The molecule has 404 valence electrons. The zero-order valence-corrected chi connectivity index (χ0v) is 44.0. The van der Waals surface area contributed by atoms with E-state index >= 15 is 0 Å². The molecule has 0 aliphatic rings. The van der Waals surface area contributed by atoms with Gasteiger partial charge in [-0.2, -0.15) is 0 Å². The van der Waals surface area contributed by atoms with Crippen LogP contribution in [0.2, 0.25) is 0 Å². The van der Waals surface area contributed by atoms with Crippen LogP contribution < -0.4 is 33.7 Å². The summed E-state index contributed by atoms with van der Waals surface area (Å²) in [7, 11) is 5.59. The van der Waals surface area contributed by atoms with Gasteiger partial charge in [0.2, 0.25) is 13.6 Å². The van der Waals surface area contributed by atoms with Gasteiger partial charge in [0.25, 0.3) is 11.8 Å². The third kappa shape index (κ3) is 16.1. The molecule has 2 amide bonds. The molecular formula is C52H66F2N4O16. The summed E-state index contributed by atoms with van der Waals surface area (Å²) in [6.07, 6.45) is 2.03. The second-order valence-electron chi connectivity index (χ2n) is 17.3. The van der Waals surface area contributed by atoms with E-state index in [9.17, 15) is 42.7 Å². The first-order valence-corrected chi connectivity index (χ1v) is 23.3. The van der Waals surface area contributed by atoms with Gasteiger partial charge in [-0.1, -0.05) is 39.8 Å². The number of rotatable bonds is 24. The first-order chi connectivity index (χ1) is 34.9. The number of carboxylic acids is 1. The van der Waals surface area contributed by atoms with Crippen LogP contribution in [-0.2, 0) is 33.4 Å². The molecule has 20 nitrogen and oxygen atoms in total. The quantitative estimate of drug-likeness (QED) is 0.0391. The first-order valence-electron chi connectivity index (χ1n) is 23.3. The molecule has 2 aromatic carbocycles. The largest absolute Gasteiger partial charge is 0.496 e. The number of aliphatic carboxylic acids is 1. The standard InChI is InChI=1S/2C26H33FN2O8/c1-14(2)22(19-9-8-18(27)12-21(19)34-7)16(4)37-26(32)15(3)29-25(31)23-24(36-13-35-17(5)30)20(33-6)10-11-28-23;1-14(2)22(19-9-8-18(27)12-21(19)35-7)15(3)29(16(4)26(32)33)25(31)23-24(37-13-36-17(5)30)20(34-6)10-11-28-23/h8-12,14-16,22H,13H2,1-7H3,(H,29,31);8-12,14-16,22H,13H2,1-7H3,(H,32,33)/t15-,16-,22+;15?,16-,22+/m00/s1. The number of carbonyl (C=O) groups excluding carboxylic acids is 5. The Morgan fingerprint density at radius 1 is 0.622 bits per heavy atom.